The molecule has 0 aliphatic carbocycles. The van der Waals surface area contributed by atoms with Gasteiger partial charge in [0, 0.05) is 12.5 Å². The largest absolute Gasteiger partial charge is 0.467 e. The van der Waals surface area contributed by atoms with Gasteiger partial charge in [0.25, 0.3) is 0 Å². The quantitative estimate of drug-likeness (QED) is 0.726. The summed E-state index contributed by atoms with van der Waals surface area (Å²) >= 11 is 0. The molecule has 2 atom stereocenters. The normalized spacial score (nSPS) is 23.6. The molecule has 0 aromatic rings. The highest BCUT2D eigenvalue weighted by Crippen LogP contribution is 2.30. The second-order valence-corrected chi connectivity index (χ2v) is 5.50. The van der Waals surface area contributed by atoms with Crippen LogP contribution in [0.1, 0.15) is 27.2 Å². The molecule has 0 unspecified atom stereocenters. The maximum Gasteiger partial charge on any atom is 0.411 e. The molecule has 1 amide bonds. The minimum Gasteiger partial charge on any atom is -0.467 e. The molecule has 1 heterocycles. The van der Waals surface area contributed by atoms with Gasteiger partial charge < -0.3 is 9.47 Å². The Labute approximate surface area is 110 Å². The summed E-state index contributed by atoms with van der Waals surface area (Å²) in [5.41, 5.74) is -0.749. The Kier molecular flexibility index (Phi) is 4.70. The van der Waals surface area contributed by atoms with Crippen LogP contribution >= 0.6 is 0 Å². The van der Waals surface area contributed by atoms with Gasteiger partial charge in [-0.05, 0) is 27.2 Å². The lowest BCUT2D eigenvalue weighted by Crippen LogP contribution is -2.43. The smallest absolute Gasteiger partial charge is 0.411 e. The first-order chi connectivity index (χ1) is 8.65. The second kappa shape index (κ2) is 5.71. The fourth-order valence-electron chi connectivity index (χ4n) is 1.93. The number of hydrogen-bond donors (Lipinski definition) is 0. The van der Waals surface area contributed by atoms with Gasteiger partial charge in [-0.15, -0.1) is 0 Å². The Bertz CT molecular complexity index is 354. The Hall–Kier alpha value is -1.40. The Morgan fingerprint density at radius 2 is 1.89 bits per heavy atom. The molecule has 19 heavy (non-hydrogen) atoms. The molecule has 1 saturated heterocycles. The van der Waals surface area contributed by atoms with Crippen LogP contribution in [0.4, 0.5) is 13.6 Å². The van der Waals surface area contributed by atoms with E-state index in [1.165, 1.54) is 0 Å². The SMILES string of the molecule is COC(=O)[C@H]1C[C@H](C(F)F)CN1C(=O)OC(C)(C)C. The minimum absolute atomic E-state index is 0.108. The summed E-state index contributed by atoms with van der Waals surface area (Å²) in [6, 6.07) is -1.00. The van der Waals surface area contributed by atoms with Crippen LogP contribution < -0.4 is 0 Å². The van der Waals surface area contributed by atoms with E-state index in [0.29, 0.717) is 0 Å². The Morgan fingerprint density at radius 1 is 1.32 bits per heavy atom. The summed E-state index contributed by atoms with van der Waals surface area (Å²) in [5.74, 6) is -1.73. The van der Waals surface area contributed by atoms with E-state index in [2.05, 4.69) is 4.74 Å². The van der Waals surface area contributed by atoms with Crippen molar-refractivity contribution < 1.29 is 27.8 Å². The van der Waals surface area contributed by atoms with Gasteiger partial charge in [-0.1, -0.05) is 0 Å². The molecule has 7 heteroatoms. The molecule has 0 N–H and O–H groups in total. The van der Waals surface area contributed by atoms with E-state index < -0.39 is 36.0 Å². The summed E-state index contributed by atoms with van der Waals surface area (Å²) < 4.78 is 35.1. The maximum atomic E-state index is 12.7. The van der Waals surface area contributed by atoms with Gasteiger partial charge in [0.2, 0.25) is 6.43 Å². The molecule has 0 radical (unpaired) electrons. The van der Waals surface area contributed by atoms with Crippen molar-refractivity contribution in [3.63, 3.8) is 0 Å². The van der Waals surface area contributed by atoms with Crippen molar-refractivity contribution in [2.75, 3.05) is 13.7 Å². The third-order valence-electron chi connectivity index (χ3n) is 2.79. The van der Waals surface area contributed by atoms with Crippen LogP contribution in [0.3, 0.4) is 0 Å². The number of alkyl halides is 2. The predicted octanol–water partition coefficient (Wildman–Crippen LogP) is 2.05. The van der Waals surface area contributed by atoms with Crippen LogP contribution in [0.5, 0.6) is 0 Å². The molecule has 1 aliphatic rings. The van der Waals surface area contributed by atoms with Crippen LogP contribution in [0.25, 0.3) is 0 Å². The van der Waals surface area contributed by atoms with Gasteiger partial charge in [0.1, 0.15) is 11.6 Å². The van der Waals surface area contributed by atoms with Crippen LogP contribution in [0.15, 0.2) is 0 Å². The molecule has 1 fully saturated rings. The van der Waals surface area contributed by atoms with Gasteiger partial charge >= 0.3 is 12.1 Å². The van der Waals surface area contributed by atoms with Crippen molar-refractivity contribution in [2.24, 2.45) is 5.92 Å². The first-order valence-electron chi connectivity index (χ1n) is 6.01. The van der Waals surface area contributed by atoms with E-state index in [1.807, 2.05) is 0 Å². The highest BCUT2D eigenvalue weighted by molar-refractivity contribution is 5.82. The number of carbonyl (C=O) groups is 2. The number of likely N-dealkylation sites (tertiary alicyclic amines) is 1. The number of halogens is 2. The number of esters is 1. The van der Waals surface area contributed by atoms with Gasteiger partial charge in [-0.3, -0.25) is 4.90 Å². The summed E-state index contributed by atoms with van der Waals surface area (Å²) in [4.78, 5) is 24.5. The molecule has 1 rings (SSSR count). The minimum atomic E-state index is -2.58. The van der Waals surface area contributed by atoms with Gasteiger partial charge in [0.05, 0.1) is 7.11 Å². The summed E-state index contributed by atoms with van der Waals surface area (Å²) in [5, 5.41) is 0. The van der Waals surface area contributed by atoms with Crippen LogP contribution in [0.2, 0.25) is 0 Å². The number of methoxy groups -OCH3 is 1. The summed E-state index contributed by atoms with van der Waals surface area (Å²) in [6.45, 7) is 4.79. The van der Waals surface area contributed by atoms with Crippen molar-refractivity contribution in [1.29, 1.82) is 0 Å². The number of hydrogen-bond acceptors (Lipinski definition) is 4. The molecular formula is C12H19F2NO4. The van der Waals surface area contributed by atoms with Crippen molar-refractivity contribution in [1.82, 2.24) is 4.90 Å². The van der Waals surface area contributed by atoms with E-state index >= 15 is 0 Å². The third kappa shape index (κ3) is 4.04. The number of amides is 1. The first-order valence-corrected chi connectivity index (χ1v) is 6.01. The highest BCUT2D eigenvalue weighted by Gasteiger charge is 2.45. The van der Waals surface area contributed by atoms with E-state index in [4.69, 9.17) is 4.74 Å². The zero-order valence-electron chi connectivity index (χ0n) is 11.5. The summed E-state index contributed by atoms with van der Waals surface area (Å²) in [6.07, 6.45) is -3.46. The van der Waals surface area contributed by atoms with Crippen molar-refractivity contribution in [2.45, 2.75) is 45.3 Å². The lowest BCUT2D eigenvalue weighted by atomic mass is 10.1. The third-order valence-corrected chi connectivity index (χ3v) is 2.79. The van der Waals surface area contributed by atoms with Crippen molar-refractivity contribution in [3.8, 4) is 0 Å². The average Bonchev–Trinajstić information content (AvgIpc) is 2.70. The molecular weight excluding hydrogens is 260 g/mol. The molecule has 0 aromatic heterocycles. The zero-order chi connectivity index (χ0) is 14.8. The number of ether oxygens (including phenoxy) is 2. The van der Waals surface area contributed by atoms with Crippen LogP contribution in [0, 0.1) is 5.92 Å². The van der Waals surface area contributed by atoms with Gasteiger partial charge in [0.15, 0.2) is 0 Å². The molecule has 0 bridgehead atoms. The van der Waals surface area contributed by atoms with E-state index in [9.17, 15) is 18.4 Å². The highest BCUT2D eigenvalue weighted by atomic mass is 19.3. The van der Waals surface area contributed by atoms with Gasteiger partial charge in [-0.25, -0.2) is 18.4 Å². The fraction of sp³-hybridized carbons (Fsp3) is 0.833. The Balaban J connectivity index is 2.83. The van der Waals surface area contributed by atoms with Crippen LogP contribution in [-0.2, 0) is 14.3 Å². The molecule has 110 valence electrons. The number of carbonyl (C=O) groups excluding carboxylic acids is 2. The lowest BCUT2D eigenvalue weighted by molar-refractivity contribution is -0.145. The molecule has 0 saturated carbocycles. The van der Waals surface area contributed by atoms with E-state index in [1.54, 1.807) is 20.8 Å². The van der Waals surface area contributed by atoms with Crippen molar-refractivity contribution in [3.05, 3.63) is 0 Å². The fourth-order valence-corrected chi connectivity index (χ4v) is 1.93. The van der Waals surface area contributed by atoms with Crippen molar-refractivity contribution >= 4 is 12.1 Å². The predicted molar refractivity (Wildman–Crippen MR) is 62.9 cm³/mol. The first kappa shape index (κ1) is 15.7. The van der Waals surface area contributed by atoms with Gasteiger partial charge in [-0.2, -0.15) is 0 Å². The van der Waals surface area contributed by atoms with Crippen LogP contribution in [-0.4, -0.2) is 48.7 Å². The summed E-state index contributed by atoms with van der Waals surface area (Å²) in [7, 11) is 1.16. The molecule has 0 spiro atoms. The molecule has 1 aliphatic heterocycles. The van der Waals surface area contributed by atoms with E-state index in [0.717, 1.165) is 12.0 Å². The standard InChI is InChI=1S/C12H19F2NO4/c1-12(2,3)19-11(17)15-6-7(9(13)14)5-8(15)10(16)18-4/h7-9H,5-6H2,1-4H3/t7-,8+/m0/s1. The Morgan fingerprint density at radius 3 is 2.32 bits per heavy atom. The number of rotatable bonds is 2. The lowest BCUT2D eigenvalue weighted by Gasteiger charge is -2.27. The van der Waals surface area contributed by atoms with E-state index in [-0.39, 0.29) is 13.0 Å². The zero-order valence-corrected chi connectivity index (χ0v) is 11.5. The average molecular weight is 279 g/mol. The maximum absolute atomic E-state index is 12.7. The monoisotopic (exact) mass is 279 g/mol. The molecule has 0 aromatic carbocycles. The topological polar surface area (TPSA) is 55.8 Å². The molecule has 5 nitrogen and oxygen atoms in total. The second-order valence-electron chi connectivity index (χ2n) is 5.50. The number of nitrogens with zero attached hydrogens (tertiary/aromatic N) is 1.